The molecule has 90 valence electrons. The van der Waals surface area contributed by atoms with Crippen LogP contribution in [0.4, 0.5) is 0 Å². The molecule has 0 atom stereocenters. The van der Waals surface area contributed by atoms with E-state index in [1.54, 1.807) is 0 Å². The van der Waals surface area contributed by atoms with Crippen LogP contribution in [0.25, 0.3) is 0 Å². The lowest BCUT2D eigenvalue weighted by molar-refractivity contribution is 0.134. The SMILES string of the molecule is Cc1ccc(C(C)C)cc1CCN(C)CO. The molecule has 0 radical (unpaired) electrons. The van der Waals surface area contributed by atoms with Crippen molar-refractivity contribution in [1.82, 2.24) is 4.90 Å². The topological polar surface area (TPSA) is 23.5 Å². The first kappa shape index (κ1) is 13.2. The standard InChI is InChI=1S/C14H23NO/c1-11(2)13-6-5-12(3)14(9-13)7-8-15(4)10-16/h5-6,9,11,16H,7-8,10H2,1-4H3. The van der Waals surface area contributed by atoms with Crippen LogP contribution in [0.1, 0.15) is 36.5 Å². The predicted octanol–water partition coefficient (Wildman–Crippen LogP) is 2.54. The van der Waals surface area contributed by atoms with Gasteiger partial charge in [-0.2, -0.15) is 0 Å². The fourth-order valence-corrected chi connectivity index (χ4v) is 1.70. The van der Waals surface area contributed by atoms with E-state index in [9.17, 15) is 0 Å². The van der Waals surface area contributed by atoms with Crippen LogP contribution in [0.15, 0.2) is 18.2 Å². The van der Waals surface area contributed by atoms with Crippen LogP contribution >= 0.6 is 0 Å². The van der Waals surface area contributed by atoms with Gasteiger partial charge in [0.1, 0.15) is 0 Å². The second kappa shape index (κ2) is 6.02. The number of hydrogen-bond donors (Lipinski definition) is 1. The van der Waals surface area contributed by atoms with Gasteiger partial charge in [-0.25, -0.2) is 0 Å². The first-order valence-electron chi connectivity index (χ1n) is 5.93. The van der Waals surface area contributed by atoms with Crippen molar-refractivity contribution in [2.75, 3.05) is 20.3 Å². The molecule has 0 unspecified atom stereocenters. The van der Waals surface area contributed by atoms with Crippen molar-refractivity contribution in [1.29, 1.82) is 0 Å². The highest BCUT2D eigenvalue weighted by Gasteiger charge is 2.04. The molecule has 0 aliphatic carbocycles. The Labute approximate surface area is 98.9 Å². The molecule has 1 aromatic carbocycles. The van der Waals surface area contributed by atoms with Crippen LogP contribution in [0, 0.1) is 6.92 Å². The number of nitrogens with zero attached hydrogens (tertiary/aromatic N) is 1. The molecule has 0 saturated heterocycles. The fourth-order valence-electron chi connectivity index (χ4n) is 1.70. The lowest BCUT2D eigenvalue weighted by atomic mass is 9.96. The van der Waals surface area contributed by atoms with Crippen LogP contribution < -0.4 is 0 Å². The van der Waals surface area contributed by atoms with Gasteiger partial charge in [-0.3, -0.25) is 4.90 Å². The second-order valence-corrected chi connectivity index (χ2v) is 4.81. The normalized spacial score (nSPS) is 11.4. The Hall–Kier alpha value is -0.860. The number of hydrogen-bond acceptors (Lipinski definition) is 2. The molecule has 1 aromatic rings. The number of aliphatic hydroxyl groups excluding tert-OH is 1. The minimum absolute atomic E-state index is 0.128. The summed E-state index contributed by atoms with van der Waals surface area (Å²) in [7, 11) is 1.93. The maximum absolute atomic E-state index is 8.95. The molecule has 0 fully saturated rings. The molecule has 2 nitrogen and oxygen atoms in total. The van der Waals surface area contributed by atoms with Crippen LogP contribution in [-0.4, -0.2) is 30.3 Å². The molecule has 0 amide bonds. The van der Waals surface area contributed by atoms with Gasteiger partial charge in [0.25, 0.3) is 0 Å². The summed E-state index contributed by atoms with van der Waals surface area (Å²) < 4.78 is 0. The van der Waals surface area contributed by atoms with E-state index in [0.29, 0.717) is 5.92 Å². The van der Waals surface area contributed by atoms with Crippen molar-refractivity contribution in [3.8, 4) is 0 Å². The van der Waals surface area contributed by atoms with Gasteiger partial charge < -0.3 is 5.11 Å². The summed E-state index contributed by atoms with van der Waals surface area (Å²) in [5.74, 6) is 0.579. The van der Waals surface area contributed by atoms with Crippen LogP contribution in [0.5, 0.6) is 0 Å². The van der Waals surface area contributed by atoms with Gasteiger partial charge in [-0.05, 0) is 43.0 Å². The average molecular weight is 221 g/mol. The van der Waals surface area contributed by atoms with E-state index in [1.807, 2.05) is 11.9 Å². The van der Waals surface area contributed by atoms with Crippen LogP contribution in [-0.2, 0) is 6.42 Å². The fraction of sp³-hybridized carbons (Fsp3) is 0.571. The maximum atomic E-state index is 8.95. The summed E-state index contributed by atoms with van der Waals surface area (Å²) >= 11 is 0. The minimum atomic E-state index is 0.128. The van der Waals surface area contributed by atoms with Crippen molar-refractivity contribution in [3.63, 3.8) is 0 Å². The highest BCUT2D eigenvalue weighted by molar-refractivity contribution is 5.32. The highest BCUT2D eigenvalue weighted by atomic mass is 16.3. The Kier molecular flexibility index (Phi) is 4.97. The number of aryl methyl sites for hydroxylation is 1. The first-order chi connectivity index (χ1) is 7.54. The van der Waals surface area contributed by atoms with Crippen molar-refractivity contribution in [2.24, 2.45) is 0 Å². The summed E-state index contributed by atoms with van der Waals surface area (Å²) in [4.78, 5) is 1.92. The van der Waals surface area contributed by atoms with E-state index in [-0.39, 0.29) is 6.73 Å². The lowest BCUT2D eigenvalue weighted by Gasteiger charge is -2.15. The van der Waals surface area contributed by atoms with E-state index in [0.717, 1.165) is 13.0 Å². The monoisotopic (exact) mass is 221 g/mol. The molecule has 0 heterocycles. The molecule has 0 spiro atoms. The van der Waals surface area contributed by atoms with Crippen molar-refractivity contribution < 1.29 is 5.11 Å². The zero-order valence-electron chi connectivity index (χ0n) is 10.8. The third-order valence-electron chi connectivity index (χ3n) is 3.04. The van der Waals surface area contributed by atoms with Crippen molar-refractivity contribution in [3.05, 3.63) is 34.9 Å². The van der Waals surface area contributed by atoms with Gasteiger partial charge in [-0.15, -0.1) is 0 Å². The van der Waals surface area contributed by atoms with E-state index < -0.39 is 0 Å². The molecule has 2 heteroatoms. The van der Waals surface area contributed by atoms with Crippen LogP contribution in [0.2, 0.25) is 0 Å². The van der Waals surface area contributed by atoms with Crippen molar-refractivity contribution in [2.45, 2.75) is 33.1 Å². The third-order valence-corrected chi connectivity index (χ3v) is 3.04. The van der Waals surface area contributed by atoms with Gasteiger partial charge >= 0.3 is 0 Å². The number of aliphatic hydroxyl groups is 1. The zero-order chi connectivity index (χ0) is 12.1. The number of rotatable bonds is 5. The molecular weight excluding hydrogens is 198 g/mol. The van der Waals surface area contributed by atoms with E-state index in [1.165, 1.54) is 16.7 Å². The predicted molar refractivity (Wildman–Crippen MR) is 68.7 cm³/mol. The Bertz CT molecular complexity index is 334. The molecule has 0 aromatic heterocycles. The summed E-state index contributed by atoms with van der Waals surface area (Å²) in [6.45, 7) is 7.61. The first-order valence-corrected chi connectivity index (χ1v) is 5.93. The molecule has 0 aliphatic heterocycles. The van der Waals surface area contributed by atoms with Gasteiger partial charge in [0.2, 0.25) is 0 Å². The second-order valence-electron chi connectivity index (χ2n) is 4.81. The van der Waals surface area contributed by atoms with E-state index >= 15 is 0 Å². The summed E-state index contributed by atoms with van der Waals surface area (Å²) in [6.07, 6.45) is 1.00. The smallest absolute Gasteiger partial charge is 0.0954 e. The quantitative estimate of drug-likeness (QED) is 0.772. The lowest BCUT2D eigenvalue weighted by Crippen LogP contribution is -2.22. The van der Waals surface area contributed by atoms with Gasteiger partial charge in [0, 0.05) is 6.54 Å². The van der Waals surface area contributed by atoms with E-state index in [2.05, 4.69) is 39.0 Å². The molecule has 16 heavy (non-hydrogen) atoms. The molecule has 0 aliphatic rings. The van der Waals surface area contributed by atoms with Crippen molar-refractivity contribution >= 4 is 0 Å². The summed E-state index contributed by atoms with van der Waals surface area (Å²) in [5, 5.41) is 8.95. The molecule has 0 bridgehead atoms. The Morgan fingerprint density at radius 1 is 1.31 bits per heavy atom. The Morgan fingerprint density at radius 2 is 2.00 bits per heavy atom. The largest absolute Gasteiger partial charge is 0.381 e. The molecule has 1 N–H and O–H groups in total. The molecule has 1 rings (SSSR count). The summed E-state index contributed by atoms with van der Waals surface area (Å²) in [5.41, 5.74) is 4.13. The summed E-state index contributed by atoms with van der Waals surface area (Å²) in [6, 6.07) is 6.70. The van der Waals surface area contributed by atoms with E-state index in [4.69, 9.17) is 5.11 Å². The Morgan fingerprint density at radius 3 is 2.56 bits per heavy atom. The zero-order valence-corrected chi connectivity index (χ0v) is 10.8. The maximum Gasteiger partial charge on any atom is 0.0954 e. The van der Waals surface area contributed by atoms with Crippen LogP contribution in [0.3, 0.4) is 0 Å². The average Bonchev–Trinajstić information content (AvgIpc) is 2.27. The van der Waals surface area contributed by atoms with Gasteiger partial charge in [0.05, 0.1) is 6.73 Å². The van der Waals surface area contributed by atoms with Gasteiger partial charge in [0.15, 0.2) is 0 Å². The van der Waals surface area contributed by atoms with Gasteiger partial charge in [-0.1, -0.05) is 32.0 Å². The number of likely N-dealkylation sites (N-methyl/N-ethyl adjacent to an activating group) is 1. The molecule has 0 saturated carbocycles. The number of benzene rings is 1. The minimum Gasteiger partial charge on any atom is -0.381 e. The molecular formula is C14H23NO. The third kappa shape index (κ3) is 3.62. The Balaban J connectivity index is 2.74. The highest BCUT2D eigenvalue weighted by Crippen LogP contribution is 2.19.